The van der Waals surface area contributed by atoms with E-state index in [1.165, 1.54) is 18.3 Å². The van der Waals surface area contributed by atoms with Crippen LogP contribution in [-0.2, 0) is 14.4 Å². The summed E-state index contributed by atoms with van der Waals surface area (Å²) < 4.78 is 0. The summed E-state index contributed by atoms with van der Waals surface area (Å²) in [5.41, 5.74) is 0. The smallest absolute Gasteiger partial charge is 0.303 e. The second-order valence-electron chi connectivity index (χ2n) is 6.25. The first-order chi connectivity index (χ1) is 11.5. The molecule has 0 bridgehead atoms. The summed E-state index contributed by atoms with van der Waals surface area (Å²) >= 11 is 1.52. The molecule has 1 aliphatic rings. The quantitative estimate of drug-likeness (QED) is 0.789. The summed E-state index contributed by atoms with van der Waals surface area (Å²) in [6, 6.07) is 3.53. The van der Waals surface area contributed by atoms with Gasteiger partial charge in [0.15, 0.2) is 0 Å². The molecule has 7 heteroatoms. The molecule has 132 valence electrons. The molecule has 6 nitrogen and oxygen atoms in total. The molecule has 0 aliphatic carbocycles. The second kappa shape index (κ2) is 8.82. The molecule has 0 spiro atoms. The van der Waals surface area contributed by atoms with Crippen molar-refractivity contribution in [2.24, 2.45) is 5.92 Å². The van der Waals surface area contributed by atoms with Gasteiger partial charge in [-0.05, 0) is 36.6 Å². The van der Waals surface area contributed by atoms with Gasteiger partial charge in [-0.25, -0.2) is 0 Å². The van der Waals surface area contributed by atoms with Gasteiger partial charge in [0.05, 0.1) is 12.5 Å². The van der Waals surface area contributed by atoms with Gasteiger partial charge in [-0.1, -0.05) is 6.07 Å². The predicted molar refractivity (Wildman–Crippen MR) is 91.7 cm³/mol. The number of amides is 2. The summed E-state index contributed by atoms with van der Waals surface area (Å²) in [6.45, 7) is 2.77. The molecular formula is C17H24N2O4S. The van der Waals surface area contributed by atoms with Crippen LogP contribution in [0.5, 0.6) is 0 Å². The maximum absolute atomic E-state index is 12.6. The Labute approximate surface area is 145 Å². The Bertz CT molecular complexity index is 573. The molecule has 2 N–H and O–H groups in total. The first kappa shape index (κ1) is 18.4. The van der Waals surface area contributed by atoms with E-state index in [1.807, 2.05) is 22.4 Å². The lowest BCUT2D eigenvalue weighted by Gasteiger charge is -2.33. The third-order valence-corrected chi connectivity index (χ3v) is 5.27. The van der Waals surface area contributed by atoms with Crippen molar-refractivity contribution >= 4 is 29.1 Å². The van der Waals surface area contributed by atoms with E-state index in [1.54, 1.807) is 0 Å². The van der Waals surface area contributed by atoms with E-state index in [0.29, 0.717) is 19.5 Å². The summed E-state index contributed by atoms with van der Waals surface area (Å²) in [4.78, 5) is 37.6. The van der Waals surface area contributed by atoms with Crippen LogP contribution in [0.4, 0.5) is 0 Å². The van der Waals surface area contributed by atoms with Crippen molar-refractivity contribution in [3.05, 3.63) is 22.4 Å². The number of carbonyl (C=O) groups is 3. The lowest BCUT2D eigenvalue weighted by Crippen LogP contribution is -2.41. The number of carbonyl (C=O) groups excluding carboxylic acids is 2. The Kier molecular flexibility index (Phi) is 6.78. The number of nitrogens with zero attached hydrogens (tertiary/aromatic N) is 1. The monoisotopic (exact) mass is 352 g/mol. The number of hydrogen-bond acceptors (Lipinski definition) is 4. The van der Waals surface area contributed by atoms with Crippen molar-refractivity contribution in [3.63, 3.8) is 0 Å². The predicted octanol–water partition coefficient (Wildman–Crippen LogP) is 2.42. The SMILES string of the molecule is CC(=O)NC(CC(=O)N1CCCC(CCC(=O)O)C1)c1cccs1. The number of carboxylic acid groups (broad SMARTS) is 1. The molecule has 2 amide bonds. The molecule has 0 saturated carbocycles. The molecule has 1 saturated heterocycles. The molecule has 2 rings (SSSR count). The fraction of sp³-hybridized carbons (Fsp3) is 0.588. The van der Waals surface area contributed by atoms with Gasteiger partial charge in [0.1, 0.15) is 0 Å². The number of nitrogens with one attached hydrogen (secondary N) is 1. The average molecular weight is 352 g/mol. The van der Waals surface area contributed by atoms with E-state index in [4.69, 9.17) is 5.11 Å². The maximum Gasteiger partial charge on any atom is 0.303 e. The van der Waals surface area contributed by atoms with Crippen LogP contribution in [-0.4, -0.2) is 40.9 Å². The maximum atomic E-state index is 12.6. The minimum atomic E-state index is -0.790. The second-order valence-corrected chi connectivity index (χ2v) is 7.23. The summed E-state index contributed by atoms with van der Waals surface area (Å²) in [5, 5.41) is 13.6. The zero-order valence-electron chi connectivity index (χ0n) is 13.9. The summed E-state index contributed by atoms with van der Waals surface area (Å²) in [7, 11) is 0. The molecule has 1 fully saturated rings. The lowest BCUT2D eigenvalue weighted by molar-refractivity contribution is -0.137. The van der Waals surface area contributed by atoms with Gasteiger partial charge < -0.3 is 15.3 Å². The Morgan fingerprint density at radius 1 is 1.46 bits per heavy atom. The number of piperidine rings is 1. The van der Waals surface area contributed by atoms with E-state index in [9.17, 15) is 14.4 Å². The first-order valence-electron chi connectivity index (χ1n) is 8.25. The van der Waals surface area contributed by atoms with Gasteiger partial charge >= 0.3 is 5.97 Å². The van der Waals surface area contributed by atoms with E-state index in [0.717, 1.165) is 17.7 Å². The van der Waals surface area contributed by atoms with Crippen molar-refractivity contribution in [3.8, 4) is 0 Å². The van der Waals surface area contributed by atoms with Crippen molar-refractivity contribution in [1.82, 2.24) is 10.2 Å². The highest BCUT2D eigenvalue weighted by Crippen LogP contribution is 2.26. The van der Waals surface area contributed by atoms with E-state index in [-0.39, 0.29) is 36.6 Å². The number of aliphatic carboxylic acids is 1. The number of likely N-dealkylation sites (tertiary alicyclic amines) is 1. The van der Waals surface area contributed by atoms with Crippen LogP contribution in [0, 0.1) is 5.92 Å². The third-order valence-electron chi connectivity index (χ3n) is 4.28. The van der Waals surface area contributed by atoms with Gasteiger partial charge in [0.25, 0.3) is 0 Å². The molecule has 1 aromatic heterocycles. The number of thiophene rings is 1. The summed E-state index contributed by atoms with van der Waals surface area (Å²) in [6.07, 6.45) is 2.87. The minimum Gasteiger partial charge on any atom is -0.481 e. The Morgan fingerprint density at radius 2 is 2.25 bits per heavy atom. The van der Waals surface area contributed by atoms with Crippen LogP contribution in [0.3, 0.4) is 0 Å². The molecule has 24 heavy (non-hydrogen) atoms. The van der Waals surface area contributed by atoms with Gasteiger partial charge in [-0.15, -0.1) is 11.3 Å². The summed E-state index contributed by atoms with van der Waals surface area (Å²) in [5.74, 6) is -0.678. The number of hydrogen-bond donors (Lipinski definition) is 2. The minimum absolute atomic E-state index is 0.0159. The van der Waals surface area contributed by atoms with Gasteiger partial charge in [0, 0.05) is 31.3 Å². The van der Waals surface area contributed by atoms with Crippen molar-refractivity contribution < 1.29 is 19.5 Å². The molecule has 2 heterocycles. The molecule has 1 aromatic rings. The molecule has 2 atom stereocenters. The lowest BCUT2D eigenvalue weighted by atomic mass is 9.93. The Hall–Kier alpha value is -1.89. The average Bonchev–Trinajstić information content (AvgIpc) is 3.06. The molecule has 0 radical (unpaired) electrons. The first-order valence-corrected chi connectivity index (χ1v) is 9.13. The van der Waals surface area contributed by atoms with Crippen molar-refractivity contribution in [1.29, 1.82) is 0 Å². The highest BCUT2D eigenvalue weighted by atomic mass is 32.1. The van der Waals surface area contributed by atoms with Gasteiger partial charge in [-0.2, -0.15) is 0 Å². The number of carboxylic acids is 1. The van der Waals surface area contributed by atoms with E-state index < -0.39 is 5.97 Å². The van der Waals surface area contributed by atoms with Crippen molar-refractivity contribution in [2.75, 3.05) is 13.1 Å². The van der Waals surface area contributed by atoms with Crippen LogP contribution in [0.25, 0.3) is 0 Å². The zero-order chi connectivity index (χ0) is 17.5. The number of rotatable bonds is 7. The topological polar surface area (TPSA) is 86.7 Å². The fourth-order valence-electron chi connectivity index (χ4n) is 3.12. The van der Waals surface area contributed by atoms with Crippen LogP contribution in [0.1, 0.15) is 49.9 Å². The fourth-order valence-corrected chi connectivity index (χ4v) is 3.89. The Balaban J connectivity index is 1.93. The third kappa shape index (κ3) is 5.63. The molecular weight excluding hydrogens is 328 g/mol. The highest BCUT2D eigenvalue weighted by molar-refractivity contribution is 7.10. The normalized spacial score (nSPS) is 18.9. The molecule has 1 aliphatic heterocycles. The largest absolute Gasteiger partial charge is 0.481 e. The van der Waals surface area contributed by atoms with Crippen LogP contribution in [0.15, 0.2) is 17.5 Å². The van der Waals surface area contributed by atoms with Crippen LogP contribution >= 0.6 is 11.3 Å². The molecule has 2 unspecified atom stereocenters. The van der Waals surface area contributed by atoms with Gasteiger partial charge in [-0.3, -0.25) is 14.4 Å². The Morgan fingerprint density at radius 3 is 2.88 bits per heavy atom. The van der Waals surface area contributed by atoms with Crippen LogP contribution in [0.2, 0.25) is 0 Å². The van der Waals surface area contributed by atoms with E-state index >= 15 is 0 Å². The standard InChI is InChI=1S/C17H24N2O4S/c1-12(20)18-14(15-5-3-9-24-15)10-16(21)19-8-2-4-13(11-19)6-7-17(22)23/h3,5,9,13-14H,2,4,6-8,10-11H2,1H3,(H,18,20)(H,22,23). The van der Waals surface area contributed by atoms with Crippen LogP contribution < -0.4 is 5.32 Å². The van der Waals surface area contributed by atoms with Crippen molar-refractivity contribution in [2.45, 2.75) is 45.1 Å². The van der Waals surface area contributed by atoms with E-state index in [2.05, 4.69) is 5.32 Å². The molecule has 0 aromatic carbocycles. The zero-order valence-corrected chi connectivity index (χ0v) is 14.7. The van der Waals surface area contributed by atoms with Gasteiger partial charge in [0.2, 0.25) is 11.8 Å². The highest BCUT2D eigenvalue weighted by Gasteiger charge is 2.27.